The molecule has 0 aliphatic heterocycles. The fraction of sp³-hybridized carbons (Fsp3) is 0.176. The van der Waals surface area contributed by atoms with Gasteiger partial charge in [0.2, 0.25) is 0 Å². The van der Waals surface area contributed by atoms with Crippen molar-refractivity contribution < 1.29 is 14.3 Å². The molecule has 0 aliphatic rings. The zero-order valence-electron chi connectivity index (χ0n) is 12.6. The normalized spacial score (nSPS) is 10.2. The number of nitrogens with one attached hydrogen (secondary N) is 1. The molecule has 126 valence electrons. The van der Waals surface area contributed by atoms with Crippen LogP contribution in [0.25, 0.3) is 0 Å². The van der Waals surface area contributed by atoms with Gasteiger partial charge in [-0.2, -0.15) is 0 Å². The maximum Gasteiger partial charge on any atom is 0.307 e. The molecule has 2 rings (SSSR count). The summed E-state index contributed by atoms with van der Waals surface area (Å²) in [5.41, 5.74) is 0.636. The van der Waals surface area contributed by atoms with Crippen LogP contribution in [-0.2, 0) is 14.3 Å². The van der Waals surface area contributed by atoms with Gasteiger partial charge in [0.25, 0.3) is 5.91 Å². The van der Waals surface area contributed by atoms with Crippen LogP contribution in [0.5, 0.6) is 0 Å². The number of carbonyl (C=O) groups is 2. The molecule has 0 bridgehead atoms. The minimum atomic E-state index is -0.404. The lowest BCUT2D eigenvalue weighted by atomic mass is 10.3. The predicted molar refractivity (Wildman–Crippen MR) is 101 cm³/mol. The number of ether oxygens (including phenoxy) is 1. The van der Waals surface area contributed by atoms with Crippen LogP contribution in [0.4, 0.5) is 5.69 Å². The number of anilines is 1. The standard InChI is InChI=1S/C17H15BrClNO3S/c18-14-3-1-2-4-15(14)20-16(21)11-23-17(22)9-10-24-13-7-5-12(19)6-8-13/h1-8H,9-11H2,(H,20,21). The van der Waals surface area contributed by atoms with Crippen molar-refractivity contribution >= 4 is 56.9 Å². The largest absolute Gasteiger partial charge is 0.456 e. The first-order valence-electron chi connectivity index (χ1n) is 7.13. The minimum absolute atomic E-state index is 0.232. The van der Waals surface area contributed by atoms with Gasteiger partial charge >= 0.3 is 5.97 Å². The third kappa shape index (κ3) is 6.55. The van der Waals surface area contributed by atoms with E-state index < -0.39 is 5.97 Å². The van der Waals surface area contributed by atoms with Crippen LogP contribution < -0.4 is 5.32 Å². The molecule has 0 fully saturated rings. The molecule has 0 saturated carbocycles. The lowest BCUT2D eigenvalue weighted by Gasteiger charge is -2.08. The Labute approximate surface area is 158 Å². The first-order valence-corrected chi connectivity index (χ1v) is 9.28. The van der Waals surface area contributed by atoms with Gasteiger partial charge in [-0.1, -0.05) is 23.7 Å². The average molecular weight is 429 g/mol. The first kappa shape index (κ1) is 18.8. The highest BCUT2D eigenvalue weighted by molar-refractivity contribution is 9.10. The minimum Gasteiger partial charge on any atom is -0.456 e. The van der Waals surface area contributed by atoms with E-state index in [4.69, 9.17) is 16.3 Å². The third-order valence-electron chi connectivity index (χ3n) is 2.90. The van der Waals surface area contributed by atoms with Gasteiger partial charge in [-0.25, -0.2) is 0 Å². The highest BCUT2D eigenvalue weighted by Crippen LogP contribution is 2.22. The van der Waals surface area contributed by atoms with Crippen molar-refractivity contribution in [2.45, 2.75) is 11.3 Å². The fourth-order valence-electron chi connectivity index (χ4n) is 1.75. The predicted octanol–water partition coefficient (Wildman–Crippen LogP) is 4.77. The zero-order valence-corrected chi connectivity index (χ0v) is 15.8. The molecule has 0 unspecified atom stereocenters. The number of hydrogen-bond donors (Lipinski definition) is 1. The van der Waals surface area contributed by atoms with Gasteiger partial charge in [0.05, 0.1) is 12.1 Å². The highest BCUT2D eigenvalue weighted by atomic mass is 79.9. The lowest BCUT2D eigenvalue weighted by molar-refractivity contribution is -0.146. The van der Waals surface area contributed by atoms with Gasteiger partial charge in [0.15, 0.2) is 6.61 Å². The van der Waals surface area contributed by atoms with E-state index >= 15 is 0 Å². The van der Waals surface area contributed by atoms with Crippen molar-refractivity contribution in [1.82, 2.24) is 0 Å². The Morgan fingerprint density at radius 3 is 2.54 bits per heavy atom. The lowest BCUT2D eigenvalue weighted by Crippen LogP contribution is -2.21. The van der Waals surface area contributed by atoms with Crippen molar-refractivity contribution in [1.29, 1.82) is 0 Å². The second kappa shape index (κ2) is 9.71. The second-order valence-corrected chi connectivity index (χ2v) is 7.20. The summed E-state index contributed by atoms with van der Waals surface area (Å²) < 4.78 is 5.74. The van der Waals surface area contributed by atoms with Crippen LogP contribution in [0.1, 0.15) is 6.42 Å². The molecule has 0 atom stereocenters. The summed E-state index contributed by atoms with van der Waals surface area (Å²) in [7, 11) is 0. The number of hydrogen-bond acceptors (Lipinski definition) is 4. The number of para-hydroxylation sites is 1. The summed E-state index contributed by atoms with van der Waals surface area (Å²) in [5.74, 6) is -0.203. The molecule has 7 heteroatoms. The molecular weight excluding hydrogens is 414 g/mol. The molecule has 2 aromatic carbocycles. The molecule has 4 nitrogen and oxygen atoms in total. The third-order valence-corrected chi connectivity index (χ3v) is 4.86. The van der Waals surface area contributed by atoms with E-state index in [-0.39, 0.29) is 18.9 Å². The molecule has 24 heavy (non-hydrogen) atoms. The van der Waals surface area contributed by atoms with Crippen molar-refractivity contribution in [3.63, 3.8) is 0 Å². The van der Waals surface area contributed by atoms with Gasteiger partial charge in [0, 0.05) is 20.1 Å². The van der Waals surface area contributed by atoms with Crippen molar-refractivity contribution in [3.05, 3.63) is 58.0 Å². The number of carbonyl (C=O) groups excluding carboxylic acids is 2. The Morgan fingerprint density at radius 2 is 1.83 bits per heavy atom. The molecule has 1 amide bonds. The fourth-order valence-corrected chi connectivity index (χ4v) is 3.09. The Hall–Kier alpha value is -1.50. The number of rotatable bonds is 7. The number of halogens is 2. The molecule has 0 radical (unpaired) electrons. The summed E-state index contributed by atoms with van der Waals surface area (Å²) in [6.07, 6.45) is 0.232. The topological polar surface area (TPSA) is 55.4 Å². The molecule has 1 N–H and O–H groups in total. The van der Waals surface area contributed by atoms with Crippen LogP contribution in [0.3, 0.4) is 0 Å². The van der Waals surface area contributed by atoms with Crippen LogP contribution in [0.15, 0.2) is 57.9 Å². The monoisotopic (exact) mass is 427 g/mol. The van der Waals surface area contributed by atoms with Crippen LogP contribution >= 0.6 is 39.3 Å². The van der Waals surface area contributed by atoms with Gasteiger partial charge in [-0.3, -0.25) is 9.59 Å². The van der Waals surface area contributed by atoms with Crippen molar-refractivity contribution in [2.75, 3.05) is 17.7 Å². The summed E-state index contributed by atoms with van der Waals surface area (Å²) in [4.78, 5) is 24.5. The SMILES string of the molecule is O=C(COC(=O)CCSc1ccc(Cl)cc1)Nc1ccccc1Br. The smallest absolute Gasteiger partial charge is 0.307 e. The van der Waals surface area contributed by atoms with E-state index in [0.717, 1.165) is 9.37 Å². The maximum atomic E-state index is 11.8. The van der Waals surface area contributed by atoms with E-state index in [0.29, 0.717) is 16.5 Å². The first-order chi connectivity index (χ1) is 11.5. The average Bonchev–Trinajstić information content (AvgIpc) is 2.57. The van der Waals surface area contributed by atoms with Crippen molar-refractivity contribution in [3.8, 4) is 0 Å². The van der Waals surface area contributed by atoms with Gasteiger partial charge < -0.3 is 10.1 Å². The van der Waals surface area contributed by atoms with Crippen molar-refractivity contribution in [2.24, 2.45) is 0 Å². The van der Waals surface area contributed by atoms with Gasteiger partial charge in [-0.15, -0.1) is 11.8 Å². The molecule has 0 spiro atoms. The summed E-state index contributed by atoms with van der Waals surface area (Å²) in [5, 5.41) is 3.35. The van der Waals surface area contributed by atoms with E-state index in [2.05, 4.69) is 21.2 Å². The van der Waals surface area contributed by atoms with E-state index in [1.165, 1.54) is 11.8 Å². The van der Waals surface area contributed by atoms with E-state index in [1.807, 2.05) is 24.3 Å². The summed E-state index contributed by atoms with van der Waals surface area (Å²) in [6.45, 7) is -0.300. The molecule has 2 aromatic rings. The van der Waals surface area contributed by atoms with Gasteiger partial charge in [0.1, 0.15) is 0 Å². The Kier molecular flexibility index (Phi) is 7.62. The highest BCUT2D eigenvalue weighted by Gasteiger charge is 2.09. The number of benzene rings is 2. The Balaban J connectivity index is 1.66. The summed E-state index contributed by atoms with van der Waals surface area (Å²) in [6, 6.07) is 14.6. The van der Waals surface area contributed by atoms with E-state index in [1.54, 1.807) is 24.3 Å². The quantitative estimate of drug-likeness (QED) is 0.510. The molecule has 0 aromatic heterocycles. The summed E-state index contributed by atoms with van der Waals surface area (Å²) >= 11 is 10.7. The Bertz CT molecular complexity index is 709. The molecule has 0 heterocycles. The Morgan fingerprint density at radius 1 is 1.12 bits per heavy atom. The molecular formula is C17H15BrClNO3S. The maximum absolute atomic E-state index is 11.8. The molecule has 0 aliphatic carbocycles. The van der Waals surface area contributed by atoms with Crippen LogP contribution in [0.2, 0.25) is 5.02 Å². The second-order valence-electron chi connectivity index (χ2n) is 4.74. The number of esters is 1. The van der Waals surface area contributed by atoms with Crippen LogP contribution in [-0.4, -0.2) is 24.2 Å². The van der Waals surface area contributed by atoms with E-state index in [9.17, 15) is 9.59 Å². The van der Waals surface area contributed by atoms with Gasteiger partial charge in [-0.05, 0) is 52.3 Å². The zero-order chi connectivity index (χ0) is 17.4. The number of amides is 1. The molecule has 0 saturated heterocycles. The number of thioether (sulfide) groups is 1. The van der Waals surface area contributed by atoms with Crippen LogP contribution in [0, 0.1) is 0 Å².